The lowest BCUT2D eigenvalue weighted by atomic mass is 9.99. The molecule has 10 heteroatoms. The van der Waals surface area contributed by atoms with E-state index in [9.17, 15) is 9.59 Å². The summed E-state index contributed by atoms with van der Waals surface area (Å²) >= 11 is 0. The van der Waals surface area contributed by atoms with Crippen LogP contribution in [-0.4, -0.2) is 51.5 Å². The molecule has 2 aromatic carbocycles. The Bertz CT molecular complexity index is 1370. The number of nitrogens with one attached hydrogen (secondary N) is 1. The van der Waals surface area contributed by atoms with Gasteiger partial charge in [-0.25, -0.2) is 4.68 Å². The van der Waals surface area contributed by atoms with Gasteiger partial charge in [-0.3, -0.25) is 9.59 Å². The Balaban J connectivity index is 1.82. The van der Waals surface area contributed by atoms with Gasteiger partial charge in [0.15, 0.2) is 0 Å². The van der Waals surface area contributed by atoms with Crippen LogP contribution in [0.5, 0.6) is 11.5 Å². The molecular formula is C27H31N5O5. The van der Waals surface area contributed by atoms with E-state index in [1.807, 2.05) is 45.0 Å². The zero-order valence-electron chi connectivity index (χ0n) is 21.6. The normalized spacial score (nSPS) is 12.2. The first kappa shape index (κ1) is 25.7. The quantitative estimate of drug-likeness (QED) is 0.369. The van der Waals surface area contributed by atoms with Gasteiger partial charge < -0.3 is 24.1 Å². The predicted molar refractivity (Wildman–Crippen MR) is 137 cm³/mol. The SMILES string of the molecule is COc1ccc(OC)c([C@H](C(=O)NC(C)(C)C)N(Cc2ccco2)C(=O)Cn2nnc3ccccc32)c1. The smallest absolute Gasteiger partial charge is 0.248 e. The molecule has 2 aromatic heterocycles. The summed E-state index contributed by atoms with van der Waals surface area (Å²) in [7, 11) is 3.06. The number of hydrogen-bond donors (Lipinski definition) is 1. The Kier molecular flexibility index (Phi) is 7.47. The van der Waals surface area contributed by atoms with Gasteiger partial charge >= 0.3 is 0 Å². The maximum atomic E-state index is 14.0. The Morgan fingerprint density at radius 2 is 1.86 bits per heavy atom. The number of benzene rings is 2. The van der Waals surface area contributed by atoms with E-state index in [4.69, 9.17) is 13.9 Å². The number of carbonyl (C=O) groups is 2. The Morgan fingerprint density at radius 1 is 1.08 bits per heavy atom. The molecule has 0 aliphatic heterocycles. The number of para-hydroxylation sites is 1. The summed E-state index contributed by atoms with van der Waals surface area (Å²) in [4.78, 5) is 29.3. The summed E-state index contributed by atoms with van der Waals surface area (Å²) in [6.07, 6.45) is 1.53. The fraction of sp³-hybridized carbons (Fsp3) is 0.333. The van der Waals surface area contributed by atoms with Crippen LogP contribution in [0.3, 0.4) is 0 Å². The lowest BCUT2D eigenvalue weighted by Crippen LogP contribution is -2.49. The number of fused-ring (bicyclic) bond motifs is 1. The maximum Gasteiger partial charge on any atom is 0.248 e. The van der Waals surface area contributed by atoms with Crippen molar-refractivity contribution in [2.24, 2.45) is 0 Å². The highest BCUT2D eigenvalue weighted by Crippen LogP contribution is 2.35. The number of amides is 2. The zero-order valence-corrected chi connectivity index (χ0v) is 21.6. The van der Waals surface area contributed by atoms with Gasteiger partial charge in [-0.15, -0.1) is 5.10 Å². The van der Waals surface area contributed by atoms with Crippen LogP contribution in [0.15, 0.2) is 65.3 Å². The lowest BCUT2D eigenvalue weighted by Gasteiger charge is -2.34. The van der Waals surface area contributed by atoms with Crippen LogP contribution in [0.1, 0.15) is 38.1 Å². The largest absolute Gasteiger partial charge is 0.497 e. The molecule has 0 saturated carbocycles. The summed E-state index contributed by atoms with van der Waals surface area (Å²) in [6, 6.07) is 15.0. The Hall–Kier alpha value is -4.34. The first-order valence-electron chi connectivity index (χ1n) is 11.8. The third-order valence-corrected chi connectivity index (χ3v) is 5.72. The molecule has 0 fully saturated rings. The van der Waals surface area contributed by atoms with Crippen LogP contribution in [0, 0.1) is 0 Å². The Labute approximate surface area is 215 Å². The molecule has 4 rings (SSSR count). The first-order chi connectivity index (χ1) is 17.7. The van der Waals surface area contributed by atoms with Crippen LogP contribution in [0.4, 0.5) is 0 Å². The van der Waals surface area contributed by atoms with Crippen molar-refractivity contribution in [1.82, 2.24) is 25.2 Å². The van der Waals surface area contributed by atoms with Crippen LogP contribution in [-0.2, 0) is 22.7 Å². The van der Waals surface area contributed by atoms with Crippen molar-refractivity contribution in [3.8, 4) is 11.5 Å². The van der Waals surface area contributed by atoms with Gasteiger partial charge in [0.25, 0.3) is 0 Å². The number of methoxy groups -OCH3 is 2. The van der Waals surface area contributed by atoms with Crippen LogP contribution >= 0.6 is 0 Å². The van der Waals surface area contributed by atoms with Gasteiger partial charge in [0.05, 0.1) is 32.5 Å². The van der Waals surface area contributed by atoms with E-state index in [0.29, 0.717) is 33.9 Å². The maximum absolute atomic E-state index is 14.0. The molecule has 1 atom stereocenters. The highest BCUT2D eigenvalue weighted by atomic mass is 16.5. The minimum absolute atomic E-state index is 0.0427. The molecule has 1 N–H and O–H groups in total. The molecule has 0 aliphatic carbocycles. The molecule has 37 heavy (non-hydrogen) atoms. The minimum Gasteiger partial charge on any atom is -0.497 e. The molecule has 0 unspecified atom stereocenters. The Morgan fingerprint density at radius 3 is 2.54 bits per heavy atom. The zero-order chi connectivity index (χ0) is 26.6. The molecule has 0 radical (unpaired) electrons. The van der Waals surface area contributed by atoms with E-state index >= 15 is 0 Å². The van der Waals surface area contributed by atoms with E-state index in [1.165, 1.54) is 30.1 Å². The highest BCUT2D eigenvalue weighted by Gasteiger charge is 2.36. The standard InChI is InChI=1S/C27H31N5O5/c1-27(2,3)28-26(34)25(20-15-18(35-4)12-13-23(20)36-5)31(16-19-9-8-14-37-19)24(33)17-32-22-11-7-6-10-21(22)29-30-32/h6-15,25H,16-17H2,1-5H3,(H,28,34)/t25-/m1/s1. The van der Waals surface area contributed by atoms with Crippen molar-refractivity contribution in [3.63, 3.8) is 0 Å². The average molecular weight is 506 g/mol. The summed E-state index contributed by atoms with van der Waals surface area (Å²) in [5.74, 6) is 0.760. The number of ether oxygens (including phenoxy) is 2. The van der Waals surface area contributed by atoms with Crippen molar-refractivity contribution in [1.29, 1.82) is 0 Å². The van der Waals surface area contributed by atoms with Crippen molar-refractivity contribution in [2.75, 3.05) is 14.2 Å². The van der Waals surface area contributed by atoms with Gasteiger partial charge in [0.2, 0.25) is 11.8 Å². The fourth-order valence-corrected chi connectivity index (χ4v) is 4.09. The van der Waals surface area contributed by atoms with Crippen LogP contribution in [0.2, 0.25) is 0 Å². The van der Waals surface area contributed by atoms with Crippen molar-refractivity contribution >= 4 is 22.8 Å². The van der Waals surface area contributed by atoms with Crippen molar-refractivity contribution in [3.05, 3.63) is 72.2 Å². The second-order valence-corrected chi connectivity index (χ2v) is 9.59. The minimum atomic E-state index is -1.06. The summed E-state index contributed by atoms with van der Waals surface area (Å²) < 4.78 is 18.1. The number of furan rings is 1. The number of aromatic nitrogens is 3. The molecule has 4 aromatic rings. The molecule has 2 amide bonds. The summed E-state index contributed by atoms with van der Waals surface area (Å²) in [5, 5.41) is 11.3. The third kappa shape index (κ3) is 5.91. The third-order valence-electron chi connectivity index (χ3n) is 5.72. The van der Waals surface area contributed by atoms with E-state index in [0.717, 1.165) is 0 Å². The fourth-order valence-electron chi connectivity index (χ4n) is 4.09. The molecule has 2 heterocycles. The monoisotopic (exact) mass is 505 g/mol. The number of rotatable bonds is 9. The number of carbonyl (C=O) groups excluding carboxylic acids is 2. The summed E-state index contributed by atoms with van der Waals surface area (Å²) in [6.45, 7) is 5.55. The van der Waals surface area contributed by atoms with Gasteiger partial charge in [0.1, 0.15) is 35.4 Å². The molecule has 10 nitrogen and oxygen atoms in total. The molecule has 0 bridgehead atoms. The molecule has 0 aliphatic rings. The second kappa shape index (κ2) is 10.7. The van der Waals surface area contributed by atoms with Crippen molar-refractivity contribution in [2.45, 2.75) is 45.4 Å². The lowest BCUT2D eigenvalue weighted by molar-refractivity contribution is -0.143. The van der Waals surface area contributed by atoms with Gasteiger partial charge in [-0.05, 0) is 63.2 Å². The molecule has 0 saturated heterocycles. The topological polar surface area (TPSA) is 112 Å². The molecular weight excluding hydrogens is 474 g/mol. The van der Waals surface area contributed by atoms with E-state index < -0.39 is 11.6 Å². The second-order valence-electron chi connectivity index (χ2n) is 9.59. The summed E-state index contributed by atoms with van der Waals surface area (Å²) in [5.41, 5.74) is 1.31. The van der Waals surface area contributed by atoms with E-state index in [2.05, 4.69) is 15.6 Å². The number of nitrogens with zero attached hydrogens (tertiary/aromatic N) is 4. The average Bonchev–Trinajstić information content (AvgIpc) is 3.52. The number of hydrogen-bond acceptors (Lipinski definition) is 7. The van der Waals surface area contributed by atoms with E-state index in [1.54, 1.807) is 30.3 Å². The molecule has 0 spiro atoms. The highest BCUT2D eigenvalue weighted by molar-refractivity contribution is 5.90. The van der Waals surface area contributed by atoms with Crippen LogP contribution in [0.25, 0.3) is 11.0 Å². The first-order valence-corrected chi connectivity index (χ1v) is 11.8. The molecule has 194 valence electrons. The van der Waals surface area contributed by atoms with Crippen LogP contribution < -0.4 is 14.8 Å². The predicted octanol–water partition coefficient (Wildman–Crippen LogP) is 3.73. The van der Waals surface area contributed by atoms with Crippen molar-refractivity contribution < 1.29 is 23.5 Å². The van der Waals surface area contributed by atoms with Gasteiger partial charge in [0, 0.05) is 11.1 Å². The van der Waals surface area contributed by atoms with Gasteiger partial charge in [-0.2, -0.15) is 0 Å². The van der Waals surface area contributed by atoms with E-state index in [-0.39, 0.29) is 24.9 Å². The van der Waals surface area contributed by atoms with Gasteiger partial charge in [-0.1, -0.05) is 17.3 Å².